The van der Waals surface area contributed by atoms with E-state index in [1.165, 1.54) is 6.08 Å². The molecule has 0 aliphatic heterocycles. The molecule has 0 saturated carbocycles. The highest BCUT2D eigenvalue weighted by Crippen LogP contribution is 2.33. The van der Waals surface area contributed by atoms with Crippen LogP contribution in [0.2, 0.25) is 0 Å². The fourth-order valence-corrected chi connectivity index (χ4v) is 3.03. The fourth-order valence-electron chi connectivity index (χ4n) is 2.29. The van der Waals surface area contributed by atoms with E-state index in [1.54, 1.807) is 18.3 Å². The third-order valence-corrected chi connectivity index (χ3v) is 4.07. The molecule has 1 aromatic carbocycles. The number of hydrogen-bond donors (Lipinski definition) is 1. The summed E-state index contributed by atoms with van der Waals surface area (Å²) in [7, 11) is 0. The number of carbonyl (C=O) groups excluding carboxylic acids is 1. The van der Waals surface area contributed by atoms with Crippen LogP contribution in [0.1, 0.15) is 12.5 Å². The third kappa shape index (κ3) is 2.76. The molecule has 0 radical (unpaired) electrons. The van der Waals surface area contributed by atoms with Crippen molar-refractivity contribution in [3.05, 3.63) is 53.4 Å². The van der Waals surface area contributed by atoms with Crippen LogP contribution in [0.3, 0.4) is 0 Å². The normalized spacial score (nSPS) is 11.3. The summed E-state index contributed by atoms with van der Waals surface area (Å²) in [5.74, 6) is -0.320. The van der Waals surface area contributed by atoms with Gasteiger partial charge in [0.1, 0.15) is 0 Å². The van der Waals surface area contributed by atoms with Crippen molar-refractivity contribution in [2.24, 2.45) is 0 Å². The number of H-pyrrole nitrogens is 1. The summed E-state index contributed by atoms with van der Waals surface area (Å²) in [5.41, 5.74) is 3.11. The minimum atomic E-state index is -0.320. The number of carbonyl (C=O) groups is 1. The molecule has 0 fully saturated rings. The summed E-state index contributed by atoms with van der Waals surface area (Å²) in [4.78, 5) is 16.1. The molecule has 0 saturated heterocycles. The standard InChI is InChI=1S/C17H15NO2S/c1-2-20-16(19)10-9-13-12-6-3-4-7-14(12)18-17(13)15-8-5-11-21-15/h3-11,18H,2H2,1H3/b10-9-. The Labute approximate surface area is 126 Å². The van der Waals surface area contributed by atoms with E-state index >= 15 is 0 Å². The molecular formula is C17H15NO2S. The maximum atomic E-state index is 11.6. The molecule has 2 heterocycles. The van der Waals surface area contributed by atoms with Crippen LogP contribution < -0.4 is 0 Å². The summed E-state index contributed by atoms with van der Waals surface area (Å²) in [5, 5.41) is 3.14. The molecule has 0 bridgehead atoms. The van der Waals surface area contributed by atoms with Crippen molar-refractivity contribution in [2.75, 3.05) is 6.61 Å². The Bertz CT molecular complexity index is 784. The van der Waals surface area contributed by atoms with Gasteiger partial charge in [0, 0.05) is 22.5 Å². The van der Waals surface area contributed by atoms with Gasteiger partial charge in [0.15, 0.2) is 0 Å². The maximum Gasteiger partial charge on any atom is 0.330 e. The van der Waals surface area contributed by atoms with Gasteiger partial charge in [-0.1, -0.05) is 24.3 Å². The highest BCUT2D eigenvalue weighted by atomic mass is 32.1. The SMILES string of the molecule is CCOC(=O)/C=C\c1c(-c2cccs2)[nH]c2ccccc12. The molecule has 3 rings (SSSR count). The Kier molecular flexibility index (Phi) is 3.88. The molecule has 0 spiro atoms. The van der Waals surface area contributed by atoms with E-state index < -0.39 is 0 Å². The number of esters is 1. The number of benzene rings is 1. The van der Waals surface area contributed by atoms with Crippen LogP contribution in [0.4, 0.5) is 0 Å². The minimum Gasteiger partial charge on any atom is -0.463 e. The summed E-state index contributed by atoms with van der Waals surface area (Å²) < 4.78 is 4.95. The van der Waals surface area contributed by atoms with Crippen molar-refractivity contribution >= 4 is 34.3 Å². The lowest BCUT2D eigenvalue weighted by Gasteiger charge is -1.98. The number of thiophene rings is 1. The van der Waals surface area contributed by atoms with Crippen LogP contribution in [0.25, 0.3) is 27.6 Å². The molecule has 0 amide bonds. The van der Waals surface area contributed by atoms with Crippen LogP contribution in [-0.2, 0) is 9.53 Å². The van der Waals surface area contributed by atoms with Gasteiger partial charge in [0.05, 0.1) is 17.2 Å². The zero-order valence-electron chi connectivity index (χ0n) is 11.6. The number of aromatic nitrogens is 1. The van der Waals surface area contributed by atoms with Crippen molar-refractivity contribution in [1.29, 1.82) is 0 Å². The van der Waals surface area contributed by atoms with E-state index in [0.29, 0.717) is 6.61 Å². The number of fused-ring (bicyclic) bond motifs is 1. The van der Waals surface area contributed by atoms with Gasteiger partial charge < -0.3 is 9.72 Å². The first-order chi connectivity index (χ1) is 10.3. The first kappa shape index (κ1) is 13.6. The van der Waals surface area contributed by atoms with Crippen LogP contribution >= 0.6 is 11.3 Å². The predicted octanol–water partition coefficient (Wildman–Crippen LogP) is 4.47. The quantitative estimate of drug-likeness (QED) is 0.570. The monoisotopic (exact) mass is 297 g/mol. The van der Waals surface area contributed by atoms with Crippen LogP contribution in [0.15, 0.2) is 47.9 Å². The maximum absolute atomic E-state index is 11.6. The molecule has 106 valence electrons. The van der Waals surface area contributed by atoms with Gasteiger partial charge >= 0.3 is 5.97 Å². The van der Waals surface area contributed by atoms with Gasteiger partial charge in [-0.2, -0.15) is 0 Å². The minimum absolute atomic E-state index is 0.320. The lowest BCUT2D eigenvalue weighted by Crippen LogP contribution is -1.98. The van der Waals surface area contributed by atoms with E-state index in [2.05, 4.69) is 11.1 Å². The summed E-state index contributed by atoms with van der Waals surface area (Å²) in [6.45, 7) is 2.18. The molecule has 2 aromatic heterocycles. The Morgan fingerprint density at radius 3 is 2.90 bits per heavy atom. The van der Waals surface area contributed by atoms with Gasteiger partial charge in [-0.25, -0.2) is 4.79 Å². The lowest BCUT2D eigenvalue weighted by atomic mass is 10.1. The topological polar surface area (TPSA) is 42.1 Å². The molecule has 4 heteroatoms. The van der Waals surface area contributed by atoms with E-state index in [0.717, 1.165) is 27.0 Å². The second kappa shape index (κ2) is 5.97. The van der Waals surface area contributed by atoms with Crippen molar-refractivity contribution in [3.63, 3.8) is 0 Å². The average Bonchev–Trinajstić information content (AvgIpc) is 3.13. The zero-order chi connectivity index (χ0) is 14.7. The molecule has 3 nitrogen and oxygen atoms in total. The zero-order valence-corrected chi connectivity index (χ0v) is 12.4. The first-order valence-corrected chi connectivity index (χ1v) is 7.67. The Morgan fingerprint density at radius 2 is 2.14 bits per heavy atom. The van der Waals surface area contributed by atoms with E-state index in [-0.39, 0.29) is 5.97 Å². The van der Waals surface area contributed by atoms with E-state index in [4.69, 9.17) is 4.74 Å². The van der Waals surface area contributed by atoms with Gasteiger partial charge in [0.25, 0.3) is 0 Å². The number of rotatable bonds is 4. The van der Waals surface area contributed by atoms with Crippen molar-refractivity contribution in [1.82, 2.24) is 4.98 Å². The number of aromatic amines is 1. The Balaban J connectivity index is 2.10. The summed E-state index contributed by atoms with van der Waals surface area (Å²) in [6, 6.07) is 12.2. The molecule has 0 unspecified atom stereocenters. The predicted molar refractivity (Wildman–Crippen MR) is 87.3 cm³/mol. The van der Waals surface area contributed by atoms with E-state index in [9.17, 15) is 4.79 Å². The van der Waals surface area contributed by atoms with Crippen molar-refractivity contribution in [2.45, 2.75) is 6.92 Å². The highest BCUT2D eigenvalue weighted by molar-refractivity contribution is 7.13. The average molecular weight is 297 g/mol. The highest BCUT2D eigenvalue weighted by Gasteiger charge is 2.11. The molecular weight excluding hydrogens is 282 g/mol. The second-order valence-electron chi connectivity index (χ2n) is 4.52. The second-order valence-corrected chi connectivity index (χ2v) is 5.47. The summed E-state index contributed by atoms with van der Waals surface area (Å²) in [6.07, 6.45) is 3.31. The Morgan fingerprint density at radius 1 is 1.29 bits per heavy atom. The van der Waals surface area contributed by atoms with Gasteiger partial charge in [-0.05, 0) is 30.5 Å². The van der Waals surface area contributed by atoms with Gasteiger partial charge in [-0.15, -0.1) is 11.3 Å². The smallest absolute Gasteiger partial charge is 0.330 e. The van der Waals surface area contributed by atoms with Crippen molar-refractivity contribution in [3.8, 4) is 10.6 Å². The lowest BCUT2D eigenvalue weighted by molar-refractivity contribution is -0.137. The molecule has 1 N–H and O–H groups in total. The number of hydrogen-bond acceptors (Lipinski definition) is 3. The van der Waals surface area contributed by atoms with E-state index in [1.807, 2.05) is 41.8 Å². The van der Waals surface area contributed by atoms with Crippen LogP contribution in [0.5, 0.6) is 0 Å². The molecule has 0 aliphatic carbocycles. The number of para-hydroxylation sites is 1. The Hall–Kier alpha value is -2.33. The summed E-state index contributed by atoms with van der Waals surface area (Å²) >= 11 is 1.67. The number of nitrogens with one attached hydrogen (secondary N) is 1. The fraction of sp³-hybridized carbons (Fsp3) is 0.118. The van der Waals surface area contributed by atoms with Crippen molar-refractivity contribution < 1.29 is 9.53 Å². The molecule has 0 atom stereocenters. The number of ether oxygens (including phenoxy) is 1. The molecule has 0 aliphatic rings. The largest absolute Gasteiger partial charge is 0.463 e. The molecule has 21 heavy (non-hydrogen) atoms. The third-order valence-electron chi connectivity index (χ3n) is 3.19. The van der Waals surface area contributed by atoms with Gasteiger partial charge in [-0.3, -0.25) is 0 Å². The van der Waals surface area contributed by atoms with Crippen LogP contribution in [-0.4, -0.2) is 17.6 Å². The van der Waals surface area contributed by atoms with Gasteiger partial charge in [0.2, 0.25) is 0 Å². The molecule has 3 aromatic rings. The van der Waals surface area contributed by atoms with Crippen LogP contribution in [0, 0.1) is 0 Å². The first-order valence-electron chi connectivity index (χ1n) is 6.79.